The highest BCUT2D eigenvalue weighted by Gasteiger charge is 2.23. The van der Waals surface area contributed by atoms with Gasteiger partial charge in [-0.3, -0.25) is 4.79 Å². The highest BCUT2D eigenvalue weighted by atomic mass is 79.9. The number of amides is 1. The summed E-state index contributed by atoms with van der Waals surface area (Å²) in [5.41, 5.74) is 8.29. The number of nitrogens with zero attached hydrogens (tertiary/aromatic N) is 1. The van der Waals surface area contributed by atoms with Crippen LogP contribution in [0.2, 0.25) is 0 Å². The molecule has 6 heteroatoms. The Hall–Kier alpha value is -2.18. The number of furan rings is 1. The van der Waals surface area contributed by atoms with Crippen LogP contribution in [0.25, 0.3) is 11.3 Å². The summed E-state index contributed by atoms with van der Waals surface area (Å²) >= 11 is 5.00. The smallest absolute Gasteiger partial charge is 0.252 e. The number of rotatable bonds is 4. The lowest BCUT2D eigenvalue weighted by atomic mass is 9.95. The molecule has 2 heterocycles. The molecule has 1 aliphatic rings. The van der Waals surface area contributed by atoms with Gasteiger partial charge < -0.3 is 10.2 Å². The number of benzene rings is 1. The third-order valence-electron chi connectivity index (χ3n) is 4.46. The monoisotopic (exact) mass is 428 g/mol. The lowest BCUT2D eigenvalue weighted by Gasteiger charge is -2.10. The molecule has 1 aliphatic carbocycles. The van der Waals surface area contributed by atoms with Crippen LogP contribution in [0.3, 0.4) is 0 Å². The molecule has 0 saturated carbocycles. The number of primary amides is 1. The number of halogens is 1. The molecule has 0 spiro atoms. The molecule has 0 radical (unpaired) electrons. The predicted octanol–water partition coefficient (Wildman–Crippen LogP) is 5.50. The third-order valence-corrected chi connectivity index (χ3v) is 6.19. The molecule has 132 valence electrons. The Morgan fingerprint density at radius 1 is 1.15 bits per heavy atom. The van der Waals surface area contributed by atoms with Crippen molar-refractivity contribution in [2.45, 2.75) is 25.7 Å². The molecular formula is C20H17BrN2O2S. The van der Waals surface area contributed by atoms with Crippen LogP contribution in [0.5, 0.6) is 0 Å². The maximum Gasteiger partial charge on any atom is 0.252 e. The van der Waals surface area contributed by atoms with Gasteiger partial charge in [-0.25, -0.2) is 4.99 Å². The molecule has 0 unspecified atom stereocenters. The molecule has 0 bridgehead atoms. The van der Waals surface area contributed by atoms with E-state index in [0.29, 0.717) is 16.3 Å². The fraction of sp³-hybridized carbons (Fsp3) is 0.200. The number of nitrogens with two attached hydrogens (primary N) is 1. The van der Waals surface area contributed by atoms with Crippen LogP contribution in [0.4, 0.5) is 5.00 Å². The third kappa shape index (κ3) is 3.39. The molecular weight excluding hydrogens is 412 g/mol. The zero-order valence-corrected chi connectivity index (χ0v) is 16.4. The van der Waals surface area contributed by atoms with Crippen LogP contribution in [-0.2, 0) is 12.8 Å². The van der Waals surface area contributed by atoms with Crippen LogP contribution < -0.4 is 5.73 Å². The normalized spacial score (nSPS) is 13.9. The average molecular weight is 429 g/mol. The standard InChI is InChI=1S/C20H17BrN2O2S/c21-13-7-5-12(6-8-13)16-10-9-14(25-16)11-23-20-18(19(22)24)15-3-1-2-4-17(15)26-20/h5-11H,1-4H2,(H2,22,24). The summed E-state index contributed by atoms with van der Waals surface area (Å²) in [6.07, 6.45) is 5.83. The van der Waals surface area contributed by atoms with Crippen molar-refractivity contribution < 1.29 is 9.21 Å². The average Bonchev–Trinajstić information content (AvgIpc) is 3.24. The van der Waals surface area contributed by atoms with Gasteiger partial charge in [0.15, 0.2) is 0 Å². The van der Waals surface area contributed by atoms with E-state index in [1.807, 2.05) is 36.4 Å². The van der Waals surface area contributed by atoms with Crippen LogP contribution >= 0.6 is 27.3 Å². The minimum absolute atomic E-state index is 0.397. The maximum atomic E-state index is 11.9. The molecule has 1 amide bonds. The van der Waals surface area contributed by atoms with Crippen molar-refractivity contribution in [1.82, 2.24) is 0 Å². The molecule has 1 aromatic carbocycles. The van der Waals surface area contributed by atoms with Gasteiger partial charge in [-0.15, -0.1) is 11.3 Å². The van der Waals surface area contributed by atoms with Gasteiger partial charge in [-0.05, 0) is 55.5 Å². The Balaban J connectivity index is 1.62. The van der Waals surface area contributed by atoms with Crippen LogP contribution in [0, 0.1) is 0 Å². The zero-order valence-electron chi connectivity index (χ0n) is 14.0. The van der Waals surface area contributed by atoms with Crippen molar-refractivity contribution in [2.24, 2.45) is 10.7 Å². The Morgan fingerprint density at radius 3 is 2.69 bits per heavy atom. The highest BCUT2D eigenvalue weighted by molar-refractivity contribution is 9.10. The van der Waals surface area contributed by atoms with Crippen molar-refractivity contribution in [3.63, 3.8) is 0 Å². The van der Waals surface area contributed by atoms with E-state index in [1.54, 1.807) is 17.6 Å². The van der Waals surface area contributed by atoms with E-state index >= 15 is 0 Å². The summed E-state index contributed by atoms with van der Waals surface area (Å²) < 4.78 is 6.88. The lowest BCUT2D eigenvalue weighted by molar-refractivity contribution is 0.100. The fourth-order valence-electron chi connectivity index (χ4n) is 3.21. The fourth-order valence-corrected chi connectivity index (χ4v) is 4.71. The van der Waals surface area contributed by atoms with Gasteiger partial charge in [0, 0.05) is 14.9 Å². The molecule has 2 N–H and O–H groups in total. The van der Waals surface area contributed by atoms with Crippen LogP contribution in [-0.4, -0.2) is 12.1 Å². The van der Waals surface area contributed by atoms with Crippen molar-refractivity contribution in [3.05, 3.63) is 62.6 Å². The quantitative estimate of drug-likeness (QED) is 0.557. The molecule has 3 aromatic rings. The number of carbonyl (C=O) groups is 1. The van der Waals surface area contributed by atoms with E-state index in [0.717, 1.165) is 47.0 Å². The van der Waals surface area contributed by atoms with E-state index in [4.69, 9.17) is 10.2 Å². The maximum absolute atomic E-state index is 11.9. The first-order chi connectivity index (χ1) is 12.6. The first-order valence-electron chi connectivity index (χ1n) is 8.46. The first-order valence-corrected chi connectivity index (χ1v) is 10.1. The number of aryl methyl sites for hydroxylation is 1. The summed E-state index contributed by atoms with van der Waals surface area (Å²) in [5.74, 6) is 1.02. The van der Waals surface area contributed by atoms with Gasteiger partial charge in [-0.2, -0.15) is 0 Å². The van der Waals surface area contributed by atoms with Gasteiger partial charge in [0.05, 0.1) is 11.8 Å². The number of carbonyl (C=O) groups excluding carboxylic acids is 1. The second kappa shape index (κ2) is 7.21. The Morgan fingerprint density at radius 2 is 1.92 bits per heavy atom. The Kier molecular flexibility index (Phi) is 4.78. The predicted molar refractivity (Wildman–Crippen MR) is 109 cm³/mol. The molecule has 4 rings (SSSR count). The van der Waals surface area contributed by atoms with Crippen LogP contribution in [0.1, 0.15) is 39.4 Å². The van der Waals surface area contributed by atoms with Gasteiger partial charge >= 0.3 is 0 Å². The molecule has 26 heavy (non-hydrogen) atoms. The van der Waals surface area contributed by atoms with Gasteiger partial charge in [0.2, 0.25) is 0 Å². The van der Waals surface area contributed by atoms with E-state index in [1.165, 1.54) is 4.88 Å². The largest absolute Gasteiger partial charge is 0.455 e. The van der Waals surface area contributed by atoms with Gasteiger partial charge in [0.1, 0.15) is 16.5 Å². The minimum Gasteiger partial charge on any atom is -0.455 e. The number of hydrogen-bond donors (Lipinski definition) is 1. The molecule has 0 fully saturated rings. The molecule has 4 nitrogen and oxygen atoms in total. The summed E-state index contributed by atoms with van der Waals surface area (Å²) in [7, 11) is 0. The minimum atomic E-state index is -0.397. The molecule has 0 atom stereocenters. The zero-order chi connectivity index (χ0) is 18.1. The molecule has 2 aromatic heterocycles. The van der Waals surface area contributed by atoms with Crippen molar-refractivity contribution >= 4 is 44.4 Å². The Bertz CT molecular complexity index is 986. The summed E-state index contributed by atoms with van der Waals surface area (Å²) in [6, 6.07) is 11.7. The highest BCUT2D eigenvalue weighted by Crippen LogP contribution is 2.39. The van der Waals surface area contributed by atoms with E-state index in [2.05, 4.69) is 20.9 Å². The SMILES string of the molecule is NC(=O)c1c(N=Cc2ccc(-c3ccc(Br)cc3)o2)sc2c1CCCC2. The lowest BCUT2D eigenvalue weighted by Crippen LogP contribution is -2.14. The van der Waals surface area contributed by atoms with Gasteiger partial charge in [-0.1, -0.05) is 28.1 Å². The van der Waals surface area contributed by atoms with E-state index < -0.39 is 5.91 Å². The van der Waals surface area contributed by atoms with E-state index in [9.17, 15) is 4.79 Å². The topological polar surface area (TPSA) is 68.6 Å². The second-order valence-corrected chi connectivity index (χ2v) is 8.22. The van der Waals surface area contributed by atoms with Gasteiger partial charge in [0.25, 0.3) is 5.91 Å². The number of aliphatic imine (C=N–C) groups is 1. The summed E-state index contributed by atoms with van der Waals surface area (Å²) in [5, 5.41) is 0.686. The molecule has 0 aliphatic heterocycles. The summed E-state index contributed by atoms with van der Waals surface area (Å²) in [4.78, 5) is 17.7. The number of hydrogen-bond acceptors (Lipinski definition) is 4. The van der Waals surface area contributed by atoms with Crippen molar-refractivity contribution in [2.75, 3.05) is 0 Å². The van der Waals surface area contributed by atoms with Crippen molar-refractivity contribution in [3.8, 4) is 11.3 Å². The first kappa shape index (κ1) is 17.2. The van der Waals surface area contributed by atoms with Crippen LogP contribution in [0.15, 0.2) is 50.3 Å². The van der Waals surface area contributed by atoms with E-state index in [-0.39, 0.29) is 0 Å². The summed E-state index contributed by atoms with van der Waals surface area (Å²) in [6.45, 7) is 0. The number of fused-ring (bicyclic) bond motifs is 1. The molecule has 0 saturated heterocycles. The number of thiophene rings is 1. The Labute approximate surface area is 163 Å². The van der Waals surface area contributed by atoms with Crippen molar-refractivity contribution in [1.29, 1.82) is 0 Å². The second-order valence-electron chi connectivity index (χ2n) is 6.22.